The lowest BCUT2D eigenvalue weighted by Gasteiger charge is -2.26. The fraction of sp³-hybridized carbons (Fsp3) is 0.333. The van der Waals surface area contributed by atoms with Gasteiger partial charge in [-0.1, -0.05) is 24.3 Å². The van der Waals surface area contributed by atoms with Crippen LogP contribution in [0.1, 0.15) is 24.3 Å². The summed E-state index contributed by atoms with van der Waals surface area (Å²) >= 11 is 0. The minimum Gasteiger partial charge on any atom is -0.334 e. The van der Waals surface area contributed by atoms with E-state index in [1.165, 1.54) is 0 Å². The fourth-order valence-electron chi connectivity index (χ4n) is 2.16. The number of carbonyl (C=O) groups is 1. The number of pyridine rings is 1. The van der Waals surface area contributed by atoms with E-state index in [1.54, 1.807) is 11.1 Å². The molecule has 2 aromatic rings. The first kappa shape index (κ1) is 13.5. The second-order valence-corrected chi connectivity index (χ2v) is 4.76. The van der Waals surface area contributed by atoms with Crippen molar-refractivity contribution < 1.29 is 4.79 Å². The van der Waals surface area contributed by atoms with Crippen molar-refractivity contribution in [2.45, 2.75) is 19.9 Å². The number of hydrogen-bond donors (Lipinski definition) is 1. The van der Waals surface area contributed by atoms with Gasteiger partial charge < -0.3 is 10.6 Å². The molecule has 1 heterocycles. The third-order valence-electron chi connectivity index (χ3n) is 3.13. The molecule has 19 heavy (non-hydrogen) atoms. The van der Waals surface area contributed by atoms with Gasteiger partial charge in [0.1, 0.15) is 5.69 Å². The number of amides is 1. The first-order valence-electron chi connectivity index (χ1n) is 6.50. The van der Waals surface area contributed by atoms with E-state index in [0.29, 0.717) is 18.8 Å². The van der Waals surface area contributed by atoms with Crippen LogP contribution in [0.2, 0.25) is 0 Å². The van der Waals surface area contributed by atoms with Gasteiger partial charge in [0, 0.05) is 30.7 Å². The molecule has 0 aliphatic rings. The molecule has 1 aromatic carbocycles. The van der Waals surface area contributed by atoms with Crippen LogP contribution in [0.4, 0.5) is 0 Å². The molecule has 0 aliphatic carbocycles. The lowest BCUT2D eigenvalue weighted by Crippen LogP contribution is -2.40. The highest BCUT2D eigenvalue weighted by Gasteiger charge is 2.20. The van der Waals surface area contributed by atoms with Gasteiger partial charge in [0.15, 0.2) is 0 Å². The van der Waals surface area contributed by atoms with E-state index in [-0.39, 0.29) is 11.9 Å². The number of aromatic nitrogens is 1. The van der Waals surface area contributed by atoms with Crippen LogP contribution in [-0.4, -0.2) is 34.9 Å². The van der Waals surface area contributed by atoms with Crippen LogP contribution in [0.3, 0.4) is 0 Å². The molecular formula is C15H19N3O. The highest BCUT2D eigenvalue weighted by molar-refractivity contribution is 6.05. The van der Waals surface area contributed by atoms with Crippen molar-refractivity contribution in [3.63, 3.8) is 0 Å². The van der Waals surface area contributed by atoms with Gasteiger partial charge in [0.05, 0.1) is 0 Å². The van der Waals surface area contributed by atoms with Gasteiger partial charge in [-0.05, 0) is 25.3 Å². The maximum atomic E-state index is 12.6. The van der Waals surface area contributed by atoms with E-state index in [2.05, 4.69) is 4.98 Å². The normalized spacial score (nSPS) is 10.9. The third-order valence-corrected chi connectivity index (χ3v) is 3.13. The Hall–Kier alpha value is -1.94. The first-order chi connectivity index (χ1) is 9.15. The molecule has 0 saturated carbocycles. The van der Waals surface area contributed by atoms with Crippen LogP contribution in [0.15, 0.2) is 36.5 Å². The molecule has 0 aliphatic heterocycles. The van der Waals surface area contributed by atoms with Crippen LogP contribution in [0.5, 0.6) is 0 Å². The molecule has 1 aromatic heterocycles. The van der Waals surface area contributed by atoms with Gasteiger partial charge in [-0.3, -0.25) is 9.78 Å². The van der Waals surface area contributed by atoms with E-state index < -0.39 is 0 Å². The van der Waals surface area contributed by atoms with Gasteiger partial charge in [-0.25, -0.2) is 0 Å². The van der Waals surface area contributed by atoms with Crippen molar-refractivity contribution >= 4 is 16.7 Å². The van der Waals surface area contributed by atoms with Crippen molar-refractivity contribution in [3.8, 4) is 0 Å². The lowest BCUT2D eigenvalue weighted by molar-refractivity contribution is 0.0708. The molecule has 0 spiro atoms. The number of benzene rings is 1. The largest absolute Gasteiger partial charge is 0.334 e. The molecule has 0 saturated heterocycles. The Morgan fingerprint density at radius 2 is 2.05 bits per heavy atom. The predicted octanol–water partition coefficient (Wildman–Crippen LogP) is 2.04. The molecule has 100 valence electrons. The number of hydrogen-bond acceptors (Lipinski definition) is 3. The summed E-state index contributed by atoms with van der Waals surface area (Å²) in [4.78, 5) is 18.6. The topological polar surface area (TPSA) is 59.2 Å². The molecular weight excluding hydrogens is 238 g/mol. The van der Waals surface area contributed by atoms with Crippen molar-refractivity contribution in [2.75, 3.05) is 13.1 Å². The molecule has 2 N–H and O–H groups in total. The number of nitrogens with two attached hydrogens (primary N) is 1. The zero-order valence-corrected chi connectivity index (χ0v) is 11.3. The van der Waals surface area contributed by atoms with Crippen LogP contribution < -0.4 is 5.73 Å². The van der Waals surface area contributed by atoms with E-state index in [0.717, 1.165) is 10.8 Å². The highest BCUT2D eigenvalue weighted by atomic mass is 16.2. The highest BCUT2D eigenvalue weighted by Crippen LogP contribution is 2.18. The first-order valence-corrected chi connectivity index (χ1v) is 6.50. The number of carbonyl (C=O) groups excluding carboxylic acids is 1. The third kappa shape index (κ3) is 2.74. The van der Waals surface area contributed by atoms with Crippen molar-refractivity contribution in [3.05, 3.63) is 42.2 Å². The molecule has 4 heteroatoms. The molecule has 1 amide bonds. The SMILES string of the molecule is CC(C)N(CCN)C(=O)c1nccc2ccccc12. The summed E-state index contributed by atoms with van der Waals surface area (Å²) in [6, 6.07) is 9.80. The summed E-state index contributed by atoms with van der Waals surface area (Å²) in [7, 11) is 0. The standard InChI is InChI=1S/C15H19N3O/c1-11(2)18(10-8-16)15(19)14-13-6-4-3-5-12(13)7-9-17-14/h3-7,9,11H,8,10,16H2,1-2H3. The van der Waals surface area contributed by atoms with Gasteiger partial charge in [0.2, 0.25) is 0 Å². The molecule has 0 bridgehead atoms. The van der Waals surface area contributed by atoms with Crippen molar-refractivity contribution in [1.29, 1.82) is 0 Å². The maximum absolute atomic E-state index is 12.6. The van der Waals surface area contributed by atoms with E-state index in [4.69, 9.17) is 5.73 Å². The predicted molar refractivity (Wildman–Crippen MR) is 77.0 cm³/mol. The monoisotopic (exact) mass is 257 g/mol. The molecule has 0 fully saturated rings. The molecule has 0 radical (unpaired) electrons. The summed E-state index contributed by atoms with van der Waals surface area (Å²) in [5.74, 6) is -0.0581. The number of rotatable bonds is 4. The average molecular weight is 257 g/mol. The summed E-state index contributed by atoms with van der Waals surface area (Å²) in [6.07, 6.45) is 1.68. The van der Waals surface area contributed by atoms with Crippen molar-refractivity contribution in [2.24, 2.45) is 5.73 Å². The Labute approximate surface area is 113 Å². The van der Waals surface area contributed by atoms with Crippen LogP contribution in [-0.2, 0) is 0 Å². The van der Waals surface area contributed by atoms with Crippen LogP contribution in [0, 0.1) is 0 Å². The van der Waals surface area contributed by atoms with Gasteiger partial charge in [0.25, 0.3) is 5.91 Å². The maximum Gasteiger partial charge on any atom is 0.273 e. The quantitative estimate of drug-likeness (QED) is 0.912. The summed E-state index contributed by atoms with van der Waals surface area (Å²) < 4.78 is 0. The van der Waals surface area contributed by atoms with Crippen molar-refractivity contribution in [1.82, 2.24) is 9.88 Å². The summed E-state index contributed by atoms with van der Waals surface area (Å²) in [6.45, 7) is 4.97. The summed E-state index contributed by atoms with van der Waals surface area (Å²) in [5, 5.41) is 1.91. The summed E-state index contributed by atoms with van der Waals surface area (Å²) in [5.41, 5.74) is 6.08. The Morgan fingerprint density at radius 3 is 2.74 bits per heavy atom. The zero-order valence-electron chi connectivity index (χ0n) is 11.3. The Bertz CT molecular complexity index is 575. The Morgan fingerprint density at radius 1 is 1.32 bits per heavy atom. The minimum absolute atomic E-state index is 0.0581. The van der Waals surface area contributed by atoms with E-state index in [1.807, 2.05) is 44.2 Å². The molecule has 4 nitrogen and oxygen atoms in total. The lowest BCUT2D eigenvalue weighted by atomic mass is 10.1. The smallest absolute Gasteiger partial charge is 0.273 e. The molecule has 2 rings (SSSR count). The van der Waals surface area contributed by atoms with Gasteiger partial charge in [-0.15, -0.1) is 0 Å². The minimum atomic E-state index is -0.0581. The zero-order chi connectivity index (χ0) is 13.8. The fourth-order valence-corrected chi connectivity index (χ4v) is 2.16. The van der Waals surface area contributed by atoms with Gasteiger partial charge in [-0.2, -0.15) is 0 Å². The molecule has 0 atom stereocenters. The Balaban J connectivity index is 2.45. The second kappa shape index (κ2) is 5.80. The van der Waals surface area contributed by atoms with E-state index >= 15 is 0 Å². The van der Waals surface area contributed by atoms with Gasteiger partial charge >= 0.3 is 0 Å². The average Bonchev–Trinajstić information content (AvgIpc) is 2.43. The van der Waals surface area contributed by atoms with Crippen LogP contribution in [0.25, 0.3) is 10.8 Å². The number of nitrogens with zero attached hydrogens (tertiary/aromatic N) is 2. The van der Waals surface area contributed by atoms with E-state index in [9.17, 15) is 4.79 Å². The Kier molecular flexibility index (Phi) is 4.12. The molecule has 0 unspecified atom stereocenters. The number of fused-ring (bicyclic) bond motifs is 1. The second-order valence-electron chi connectivity index (χ2n) is 4.76. The van der Waals surface area contributed by atoms with Crippen LogP contribution >= 0.6 is 0 Å².